The third kappa shape index (κ3) is 3.41. The normalized spacial score (nSPS) is 17.2. The topological polar surface area (TPSA) is 84.5 Å². The summed E-state index contributed by atoms with van der Waals surface area (Å²) in [6.45, 7) is 2.30. The molecule has 0 radical (unpaired) electrons. The van der Waals surface area contributed by atoms with Gasteiger partial charge in [0.05, 0.1) is 12.0 Å². The molecule has 122 valence electrons. The van der Waals surface area contributed by atoms with Gasteiger partial charge in [0.25, 0.3) is 0 Å². The predicted octanol–water partition coefficient (Wildman–Crippen LogP) is 1.42. The van der Waals surface area contributed by atoms with Gasteiger partial charge >= 0.3 is 0 Å². The Bertz CT molecular complexity index is 619. The van der Waals surface area contributed by atoms with Gasteiger partial charge in [-0.3, -0.25) is 4.79 Å². The summed E-state index contributed by atoms with van der Waals surface area (Å²) in [7, 11) is -2.24. The molecule has 0 bridgehead atoms. The van der Waals surface area contributed by atoms with Crippen LogP contribution in [0.2, 0.25) is 0 Å². The van der Waals surface area contributed by atoms with Crippen LogP contribution in [0.5, 0.6) is 5.75 Å². The molecule has 1 aromatic carbocycles. The molecule has 0 atom stereocenters. The monoisotopic (exact) mass is 326 g/mol. The van der Waals surface area contributed by atoms with Crippen molar-refractivity contribution in [3.8, 4) is 5.75 Å². The number of likely N-dealkylation sites (N-methyl/N-ethyl adjacent to an activating group) is 1. The highest BCUT2D eigenvalue weighted by Gasteiger charge is 2.44. The van der Waals surface area contributed by atoms with E-state index in [0.29, 0.717) is 25.1 Å². The molecule has 1 aromatic rings. The summed E-state index contributed by atoms with van der Waals surface area (Å²) < 4.78 is 32.8. The lowest BCUT2D eigenvalue weighted by molar-refractivity contribution is -0.126. The smallest absolute Gasteiger partial charge is 0.241 e. The van der Waals surface area contributed by atoms with Crippen molar-refractivity contribution in [1.29, 1.82) is 0 Å². The van der Waals surface area contributed by atoms with E-state index in [-0.39, 0.29) is 10.8 Å². The maximum atomic E-state index is 12.6. The van der Waals surface area contributed by atoms with Crippen LogP contribution in [0.3, 0.4) is 0 Å². The predicted molar refractivity (Wildman–Crippen MR) is 83.2 cm³/mol. The van der Waals surface area contributed by atoms with E-state index < -0.39 is 15.6 Å². The van der Waals surface area contributed by atoms with E-state index in [1.54, 1.807) is 12.1 Å². The Labute approximate surface area is 131 Å². The first-order chi connectivity index (χ1) is 10.4. The first kappa shape index (κ1) is 16.8. The Morgan fingerprint density at radius 1 is 1.23 bits per heavy atom. The molecule has 0 spiro atoms. The van der Waals surface area contributed by atoms with Crippen molar-refractivity contribution in [3.05, 3.63) is 24.3 Å². The van der Waals surface area contributed by atoms with Gasteiger partial charge in [-0.15, -0.1) is 0 Å². The number of hydrogen-bond acceptors (Lipinski definition) is 4. The summed E-state index contributed by atoms with van der Waals surface area (Å²) in [4.78, 5) is 12.4. The Balaban J connectivity index is 2.26. The summed E-state index contributed by atoms with van der Waals surface area (Å²) in [5.41, 5.74) is -1.03. The van der Waals surface area contributed by atoms with Crippen LogP contribution in [-0.2, 0) is 14.8 Å². The number of benzene rings is 1. The molecule has 0 unspecified atom stereocenters. The van der Waals surface area contributed by atoms with Crippen molar-refractivity contribution in [1.82, 2.24) is 10.0 Å². The van der Waals surface area contributed by atoms with Crippen molar-refractivity contribution < 1.29 is 17.9 Å². The molecular formula is C15H22N2O4S. The molecule has 0 aromatic heterocycles. The molecule has 2 rings (SSSR count). The third-order valence-electron chi connectivity index (χ3n) is 3.93. The molecule has 1 amide bonds. The Morgan fingerprint density at radius 2 is 1.82 bits per heavy atom. The maximum absolute atomic E-state index is 12.6. The molecule has 22 heavy (non-hydrogen) atoms. The standard InChI is InChI=1S/C15H22N2O4S/c1-3-16-14(18)15(10-4-5-11-15)17-22(19,20)13-8-6-12(21-2)7-9-13/h6-9,17H,3-5,10-11H2,1-2H3,(H,16,18). The average molecular weight is 326 g/mol. The molecular weight excluding hydrogens is 304 g/mol. The number of methoxy groups -OCH3 is 1. The van der Waals surface area contributed by atoms with E-state index >= 15 is 0 Å². The fraction of sp³-hybridized carbons (Fsp3) is 0.533. The summed E-state index contributed by atoms with van der Waals surface area (Å²) in [5.74, 6) is 0.336. The first-order valence-corrected chi connectivity index (χ1v) is 8.88. The second-order valence-corrected chi connectivity index (χ2v) is 7.11. The highest BCUT2D eigenvalue weighted by molar-refractivity contribution is 7.89. The molecule has 1 aliphatic carbocycles. The van der Waals surface area contributed by atoms with Gasteiger partial charge < -0.3 is 10.1 Å². The van der Waals surface area contributed by atoms with Crippen LogP contribution < -0.4 is 14.8 Å². The molecule has 1 saturated carbocycles. The van der Waals surface area contributed by atoms with Crippen LogP contribution in [0.4, 0.5) is 0 Å². The van der Waals surface area contributed by atoms with Gasteiger partial charge in [-0.2, -0.15) is 4.72 Å². The number of ether oxygens (including phenoxy) is 1. The van der Waals surface area contributed by atoms with Crippen molar-refractivity contribution in [3.63, 3.8) is 0 Å². The van der Waals surface area contributed by atoms with Crippen LogP contribution in [0.15, 0.2) is 29.2 Å². The van der Waals surface area contributed by atoms with Crippen LogP contribution in [0, 0.1) is 0 Å². The molecule has 2 N–H and O–H groups in total. The fourth-order valence-electron chi connectivity index (χ4n) is 2.75. The molecule has 0 heterocycles. The highest BCUT2D eigenvalue weighted by Crippen LogP contribution is 2.31. The van der Waals surface area contributed by atoms with Crippen molar-refractivity contribution in [2.45, 2.75) is 43.0 Å². The lowest BCUT2D eigenvalue weighted by atomic mass is 9.98. The van der Waals surface area contributed by atoms with E-state index in [1.807, 2.05) is 6.92 Å². The number of nitrogens with one attached hydrogen (secondary N) is 2. The van der Waals surface area contributed by atoms with Gasteiger partial charge in [-0.25, -0.2) is 8.42 Å². The van der Waals surface area contributed by atoms with Crippen molar-refractivity contribution in [2.75, 3.05) is 13.7 Å². The zero-order valence-corrected chi connectivity index (χ0v) is 13.7. The number of sulfonamides is 1. The van der Waals surface area contributed by atoms with Crippen LogP contribution >= 0.6 is 0 Å². The zero-order valence-electron chi connectivity index (χ0n) is 12.9. The van der Waals surface area contributed by atoms with E-state index in [0.717, 1.165) is 12.8 Å². The van der Waals surface area contributed by atoms with Gasteiger partial charge in [0.1, 0.15) is 11.3 Å². The lowest BCUT2D eigenvalue weighted by Crippen LogP contribution is -2.56. The summed E-state index contributed by atoms with van der Waals surface area (Å²) in [6.07, 6.45) is 2.72. The van der Waals surface area contributed by atoms with Gasteiger partial charge in [0.15, 0.2) is 0 Å². The third-order valence-corrected chi connectivity index (χ3v) is 5.48. The number of carbonyl (C=O) groups excluding carboxylic acids is 1. The van der Waals surface area contributed by atoms with E-state index in [1.165, 1.54) is 19.2 Å². The number of amides is 1. The largest absolute Gasteiger partial charge is 0.497 e. The molecule has 0 aliphatic heterocycles. The van der Waals surface area contributed by atoms with Crippen LogP contribution in [0.25, 0.3) is 0 Å². The van der Waals surface area contributed by atoms with Gasteiger partial charge in [-0.05, 0) is 44.0 Å². The van der Waals surface area contributed by atoms with Crippen molar-refractivity contribution >= 4 is 15.9 Å². The second kappa shape index (κ2) is 6.66. The second-order valence-electron chi connectivity index (χ2n) is 5.43. The fourth-order valence-corrected chi connectivity index (χ4v) is 4.18. The minimum atomic E-state index is -3.76. The number of rotatable bonds is 6. The van der Waals surface area contributed by atoms with Gasteiger partial charge in [-0.1, -0.05) is 12.8 Å². The first-order valence-electron chi connectivity index (χ1n) is 7.40. The maximum Gasteiger partial charge on any atom is 0.241 e. The number of carbonyl (C=O) groups is 1. The highest BCUT2D eigenvalue weighted by atomic mass is 32.2. The molecule has 6 nitrogen and oxygen atoms in total. The summed E-state index contributed by atoms with van der Waals surface area (Å²) >= 11 is 0. The van der Waals surface area contributed by atoms with E-state index in [4.69, 9.17) is 4.74 Å². The Kier molecular flexibility index (Phi) is 5.08. The van der Waals surface area contributed by atoms with Crippen molar-refractivity contribution in [2.24, 2.45) is 0 Å². The zero-order chi connectivity index (χ0) is 16.2. The minimum absolute atomic E-state index is 0.129. The summed E-state index contributed by atoms with van der Waals surface area (Å²) in [6, 6.07) is 6.12. The molecule has 1 fully saturated rings. The Morgan fingerprint density at radius 3 is 2.32 bits per heavy atom. The van der Waals surface area contributed by atoms with E-state index in [2.05, 4.69) is 10.0 Å². The SMILES string of the molecule is CCNC(=O)C1(NS(=O)(=O)c2ccc(OC)cc2)CCCC1. The van der Waals surface area contributed by atoms with Gasteiger partial charge in [0.2, 0.25) is 15.9 Å². The molecule has 1 aliphatic rings. The quantitative estimate of drug-likeness (QED) is 0.828. The van der Waals surface area contributed by atoms with Crippen LogP contribution in [-0.4, -0.2) is 33.5 Å². The number of hydrogen-bond donors (Lipinski definition) is 2. The lowest BCUT2D eigenvalue weighted by Gasteiger charge is -2.28. The Hall–Kier alpha value is -1.60. The molecule has 0 saturated heterocycles. The minimum Gasteiger partial charge on any atom is -0.497 e. The average Bonchev–Trinajstić information content (AvgIpc) is 2.96. The van der Waals surface area contributed by atoms with Gasteiger partial charge in [0, 0.05) is 6.54 Å². The van der Waals surface area contributed by atoms with Crippen LogP contribution in [0.1, 0.15) is 32.6 Å². The summed E-state index contributed by atoms with van der Waals surface area (Å²) in [5, 5.41) is 2.73. The molecule has 7 heteroatoms. The van der Waals surface area contributed by atoms with E-state index in [9.17, 15) is 13.2 Å².